The molecule has 6 rings (SSSR count). The first kappa shape index (κ1) is 60.8. The molecule has 1 aliphatic carbocycles. The number of fused-ring (bicyclic) bond motifs is 1. The van der Waals surface area contributed by atoms with E-state index in [1.807, 2.05) is 75.5 Å². The molecular weight excluding hydrogens is 932 g/mol. The Morgan fingerprint density at radius 2 is 1.34 bits per heavy atom. The second-order valence-electron chi connectivity index (χ2n) is 19.6. The molecule has 3 aromatic carbocycles. The Balaban J connectivity index is 0.00000289. The van der Waals surface area contributed by atoms with E-state index in [1.54, 1.807) is 0 Å². The molecule has 0 spiro atoms. The summed E-state index contributed by atoms with van der Waals surface area (Å²) in [7, 11) is 2.24. The van der Waals surface area contributed by atoms with Crippen LogP contribution in [0.3, 0.4) is 0 Å². The maximum atomic E-state index is 4.89. The molecule has 1 radical (unpaired) electrons. The van der Waals surface area contributed by atoms with E-state index in [4.69, 9.17) is 13.2 Å². The zero-order valence-electron chi connectivity index (χ0n) is 47.7. The molecule has 0 bridgehead atoms. The lowest BCUT2D eigenvalue weighted by atomic mass is 9.87. The van der Waals surface area contributed by atoms with Crippen molar-refractivity contribution in [2.45, 2.75) is 133 Å². The molecule has 0 atom stereocenters. The lowest BCUT2D eigenvalue weighted by Crippen LogP contribution is -2.32. The van der Waals surface area contributed by atoms with E-state index >= 15 is 0 Å². The molecule has 387 valence electrons. The summed E-state index contributed by atoms with van der Waals surface area (Å²) in [5, 5.41) is 6.23. The van der Waals surface area contributed by atoms with Gasteiger partial charge in [-0.15, -0.1) is 0 Å². The summed E-state index contributed by atoms with van der Waals surface area (Å²) in [4.78, 5) is 2.66. The van der Waals surface area contributed by atoms with Crippen molar-refractivity contribution in [2.24, 2.45) is 17.8 Å². The first-order chi connectivity index (χ1) is 35.7. The van der Waals surface area contributed by atoms with Crippen LogP contribution in [0.4, 0.5) is 0 Å². The van der Waals surface area contributed by atoms with E-state index in [9.17, 15) is 0 Å². The molecule has 0 aromatic heterocycles. The molecular formula is C69H87BN2S2+. The van der Waals surface area contributed by atoms with Gasteiger partial charge in [0.1, 0.15) is 0 Å². The summed E-state index contributed by atoms with van der Waals surface area (Å²) < 4.78 is 2.45. The molecule has 0 fully saturated rings. The lowest BCUT2D eigenvalue weighted by molar-refractivity contribution is -0.307. The standard InChI is InChI=1S/C65H75BN2S2.2C2H6/c1-15-18-30-47(12)56-42-57(50-33-23-21-24-34-50)58(48(13)31-19-16-2)64(69-63-54(45(8)9)38-27-28-39-55(63)46(10)11)67-66-68-61(56)60(51-35-25-22-26-36-51)59(49(14)32-20-17-3)65(68)70-62-52(41-43(4)5)37-29-40-53(62)44(6)7;2*1-2/h15-26,29-38,40,42-46,67H,2-3,13-14,27-28,39,41H2,1,4-12H3;2*1-2H3/q+1;;/b18-15-,31-19-,32-20-,47-30+;;. The SMILES string of the molecule is C=C/C=C\C(=C)C1=C(c2ccccc2)/C2=C(\C(C)=C\C=C/C)/C=C(c3ccccc3)/C(C(=C)/C=C\C=C)=C(/SC3=C(C(C)C)CCCC=C3C(C)C)N[B][N+]2=C1Sc1c(CC(C)C)cccc1C(C)C.CC.CC. The van der Waals surface area contributed by atoms with Gasteiger partial charge in [-0.3, -0.25) is 0 Å². The van der Waals surface area contributed by atoms with E-state index in [0.29, 0.717) is 23.7 Å². The van der Waals surface area contributed by atoms with Crippen molar-refractivity contribution >= 4 is 47.3 Å². The summed E-state index contributed by atoms with van der Waals surface area (Å²) in [6, 6.07) is 28.6. The van der Waals surface area contributed by atoms with Crippen LogP contribution in [0.25, 0.3) is 11.1 Å². The molecule has 0 saturated heterocycles. The first-order valence-electron chi connectivity index (χ1n) is 27.2. The van der Waals surface area contributed by atoms with Crippen molar-refractivity contribution in [2.75, 3.05) is 0 Å². The van der Waals surface area contributed by atoms with Crippen LogP contribution in [0.15, 0.2) is 237 Å². The third-order valence-electron chi connectivity index (χ3n) is 12.8. The second-order valence-corrected chi connectivity index (χ2v) is 21.6. The Hall–Kier alpha value is -5.75. The van der Waals surface area contributed by atoms with Crippen LogP contribution in [-0.2, 0) is 6.42 Å². The van der Waals surface area contributed by atoms with Gasteiger partial charge in [-0.1, -0.05) is 266 Å². The van der Waals surface area contributed by atoms with E-state index in [2.05, 4.69) is 221 Å². The zero-order valence-corrected chi connectivity index (χ0v) is 49.3. The van der Waals surface area contributed by atoms with Crippen molar-refractivity contribution < 1.29 is 4.49 Å². The van der Waals surface area contributed by atoms with Gasteiger partial charge >= 0.3 is 7.55 Å². The number of benzene rings is 3. The predicted molar refractivity (Wildman–Crippen MR) is 335 cm³/mol. The summed E-state index contributed by atoms with van der Waals surface area (Å²) in [6.45, 7) is 48.9. The zero-order chi connectivity index (χ0) is 54.5. The maximum Gasteiger partial charge on any atom is 0.693 e. The Morgan fingerprint density at radius 3 is 1.89 bits per heavy atom. The number of hydrogen-bond acceptors (Lipinski definition) is 3. The Labute approximate surface area is 459 Å². The molecule has 0 amide bonds. The Bertz CT molecular complexity index is 2820. The van der Waals surface area contributed by atoms with Gasteiger partial charge in [0.2, 0.25) is 5.04 Å². The smallest absolute Gasteiger partial charge is 0.357 e. The fraction of sp³-hybridized carbons (Fsp3) is 0.319. The van der Waals surface area contributed by atoms with Crippen LogP contribution in [0.1, 0.15) is 144 Å². The fourth-order valence-corrected chi connectivity index (χ4v) is 12.4. The average molecular weight is 1020 g/mol. The highest BCUT2D eigenvalue weighted by atomic mass is 32.2. The van der Waals surface area contributed by atoms with Gasteiger partial charge in [-0.25, -0.2) is 4.49 Å². The minimum Gasteiger partial charge on any atom is -0.357 e. The van der Waals surface area contributed by atoms with Crippen LogP contribution in [0.5, 0.6) is 0 Å². The highest BCUT2D eigenvalue weighted by Crippen LogP contribution is 2.50. The highest BCUT2D eigenvalue weighted by Gasteiger charge is 2.44. The fourth-order valence-electron chi connectivity index (χ4n) is 9.35. The molecule has 2 aliphatic heterocycles. The molecule has 3 aromatic rings. The largest absolute Gasteiger partial charge is 0.693 e. The average Bonchev–Trinajstić information content (AvgIpc) is 3.58. The Morgan fingerprint density at radius 1 is 0.730 bits per heavy atom. The van der Waals surface area contributed by atoms with Crippen LogP contribution in [0.2, 0.25) is 0 Å². The number of thioether (sulfide) groups is 2. The predicted octanol–water partition coefficient (Wildman–Crippen LogP) is 20.2. The van der Waals surface area contributed by atoms with Crippen LogP contribution in [0, 0.1) is 17.8 Å². The van der Waals surface area contributed by atoms with Gasteiger partial charge in [-0.2, -0.15) is 0 Å². The van der Waals surface area contributed by atoms with E-state index in [1.165, 1.54) is 32.1 Å². The van der Waals surface area contributed by atoms with E-state index in [0.717, 1.165) is 97.2 Å². The van der Waals surface area contributed by atoms with Gasteiger partial charge in [0.15, 0.2) is 5.70 Å². The van der Waals surface area contributed by atoms with Crippen molar-refractivity contribution in [1.29, 1.82) is 0 Å². The van der Waals surface area contributed by atoms with Gasteiger partial charge in [0, 0.05) is 20.9 Å². The summed E-state index contributed by atoms with van der Waals surface area (Å²) >= 11 is 3.74. The minimum atomic E-state index is 0.307. The number of allylic oxidation sites excluding steroid dienone is 20. The minimum absolute atomic E-state index is 0.307. The number of nitrogens with zero attached hydrogens (tertiary/aromatic N) is 1. The van der Waals surface area contributed by atoms with Gasteiger partial charge < -0.3 is 5.23 Å². The highest BCUT2D eigenvalue weighted by molar-refractivity contribution is 8.14. The summed E-state index contributed by atoms with van der Waals surface area (Å²) in [6.07, 6.45) is 27.6. The van der Waals surface area contributed by atoms with Gasteiger partial charge in [-0.05, 0) is 131 Å². The number of rotatable bonds is 18. The normalized spacial score (nSPS) is 18.3. The molecule has 5 heteroatoms. The van der Waals surface area contributed by atoms with Gasteiger partial charge in [0.05, 0.1) is 16.2 Å². The van der Waals surface area contributed by atoms with Crippen molar-refractivity contribution in [3.05, 3.63) is 254 Å². The molecule has 0 saturated carbocycles. The molecule has 2 nitrogen and oxygen atoms in total. The molecule has 3 aliphatic rings. The van der Waals surface area contributed by atoms with Crippen LogP contribution >= 0.6 is 23.5 Å². The van der Waals surface area contributed by atoms with Gasteiger partial charge in [0.25, 0.3) is 0 Å². The van der Waals surface area contributed by atoms with Crippen LogP contribution in [-0.4, -0.2) is 17.1 Å². The monoisotopic (exact) mass is 1020 g/mol. The summed E-state index contributed by atoms with van der Waals surface area (Å²) in [5.41, 5.74) is 17.2. The van der Waals surface area contributed by atoms with Crippen molar-refractivity contribution in [3.8, 4) is 0 Å². The maximum absolute atomic E-state index is 4.89. The second kappa shape index (κ2) is 30.6. The van der Waals surface area contributed by atoms with Crippen LogP contribution < -0.4 is 5.23 Å². The van der Waals surface area contributed by atoms with E-state index < -0.39 is 0 Å². The van der Waals surface area contributed by atoms with Crippen molar-refractivity contribution in [1.82, 2.24) is 5.23 Å². The number of nitrogens with one attached hydrogen (secondary N) is 1. The van der Waals surface area contributed by atoms with Crippen molar-refractivity contribution in [3.63, 3.8) is 0 Å². The molecule has 2 heterocycles. The van der Waals surface area contributed by atoms with E-state index in [-0.39, 0.29) is 0 Å². The molecule has 1 N–H and O–H groups in total. The quantitative estimate of drug-likeness (QED) is 0.101. The molecule has 0 unspecified atom stereocenters. The first-order valence-corrected chi connectivity index (χ1v) is 28.9. The third kappa shape index (κ3) is 15.2. The lowest BCUT2D eigenvalue weighted by Gasteiger charge is -2.25. The molecule has 74 heavy (non-hydrogen) atoms. The topological polar surface area (TPSA) is 15.0 Å². The third-order valence-corrected chi connectivity index (χ3v) is 15.3. The summed E-state index contributed by atoms with van der Waals surface area (Å²) in [5.74, 6) is 1.51. The number of hydrogen-bond donors (Lipinski definition) is 1. The Kier molecular flexibility index (Phi) is 25.1.